The molecule has 0 aliphatic carbocycles. The number of aromatic nitrogens is 2. The molecule has 0 saturated heterocycles. The van der Waals surface area contributed by atoms with Crippen LogP contribution in [0, 0.1) is 0 Å². The fraction of sp³-hybridized carbons (Fsp3) is 0.444. The molecular formula is C9H16N4O2. The zero-order valence-electron chi connectivity index (χ0n) is 9.37. The van der Waals surface area contributed by atoms with E-state index in [2.05, 4.69) is 10.4 Å². The number of carbonyl (C=O) groups is 2. The molecule has 0 aliphatic heterocycles. The van der Waals surface area contributed by atoms with Gasteiger partial charge in [0.1, 0.15) is 11.5 Å². The predicted molar refractivity (Wildman–Crippen MR) is 57.6 cm³/mol. The lowest BCUT2D eigenvalue weighted by Gasteiger charge is -1.96. The van der Waals surface area contributed by atoms with Crippen molar-refractivity contribution in [2.75, 3.05) is 12.4 Å². The Bertz CT molecular complexity index is 333. The van der Waals surface area contributed by atoms with Crippen molar-refractivity contribution >= 4 is 18.1 Å². The minimum Gasteiger partial charge on any atom is -0.372 e. The molecule has 0 aromatic carbocycles. The number of carbonyl (C=O) groups excluding carboxylic acids is 2. The SMILES string of the molecule is CC.CNc1cc(C(=O)NC=O)n(C)n1. The molecule has 1 aromatic rings. The summed E-state index contributed by atoms with van der Waals surface area (Å²) < 4.78 is 1.39. The van der Waals surface area contributed by atoms with Crippen LogP contribution in [0.5, 0.6) is 0 Å². The molecule has 6 nitrogen and oxygen atoms in total. The highest BCUT2D eigenvalue weighted by atomic mass is 16.2. The van der Waals surface area contributed by atoms with Gasteiger partial charge in [-0.3, -0.25) is 19.6 Å². The van der Waals surface area contributed by atoms with Gasteiger partial charge in [0.2, 0.25) is 6.41 Å². The fourth-order valence-electron chi connectivity index (χ4n) is 0.929. The van der Waals surface area contributed by atoms with E-state index in [0.717, 1.165) is 0 Å². The molecule has 0 atom stereocenters. The Labute approximate surface area is 88.7 Å². The second kappa shape index (κ2) is 6.58. The summed E-state index contributed by atoms with van der Waals surface area (Å²) in [6.45, 7) is 4.00. The maximum absolute atomic E-state index is 11.2. The Hall–Kier alpha value is -1.85. The molecule has 0 unspecified atom stereocenters. The second-order valence-electron chi connectivity index (χ2n) is 2.38. The molecule has 0 bridgehead atoms. The molecule has 2 N–H and O–H groups in total. The van der Waals surface area contributed by atoms with Crippen LogP contribution in [0.15, 0.2) is 6.07 Å². The average Bonchev–Trinajstić information content (AvgIpc) is 2.63. The third-order valence-corrected chi connectivity index (χ3v) is 1.56. The van der Waals surface area contributed by atoms with E-state index in [-0.39, 0.29) is 0 Å². The average molecular weight is 212 g/mol. The third kappa shape index (κ3) is 3.41. The third-order valence-electron chi connectivity index (χ3n) is 1.56. The van der Waals surface area contributed by atoms with Crippen LogP contribution >= 0.6 is 0 Å². The molecule has 0 aliphatic rings. The smallest absolute Gasteiger partial charge is 0.275 e. The van der Waals surface area contributed by atoms with Crippen LogP contribution in [0.4, 0.5) is 5.82 Å². The van der Waals surface area contributed by atoms with E-state index < -0.39 is 5.91 Å². The summed E-state index contributed by atoms with van der Waals surface area (Å²) in [6.07, 6.45) is 0.342. The molecule has 0 saturated carbocycles. The van der Waals surface area contributed by atoms with Gasteiger partial charge in [0, 0.05) is 20.2 Å². The molecule has 6 heteroatoms. The number of amides is 2. The monoisotopic (exact) mass is 212 g/mol. The van der Waals surface area contributed by atoms with Gasteiger partial charge in [0.25, 0.3) is 5.91 Å². The Balaban J connectivity index is 0.000000921. The van der Waals surface area contributed by atoms with Crippen LogP contribution in [-0.4, -0.2) is 29.1 Å². The molecule has 1 rings (SSSR count). The summed E-state index contributed by atoms with van der Waals surface area (Å²) in [7, 11) is 3.32. The Kier molecular flexibility index (Phi) is 5.77. The first-order valence-electron chi connectivity index (χ1n) is 4.65. The van der Waals surface area contributed by atoms with Gasteiger partial charge in [0.05, 0.1) is 0 Å². The van der Waals surface area contributed by atoms with Crippen molar-refractivity contribution in [3.8, 4) is 0 Å². The van der Waals surface area contributed by atoms with Crippen LogP contribution in [0.3, 0.4) is 0 Å². The maximum atomic E-state index is 11.2. The quantitative estimate of drug-likeness (QED) is 0.710. The zero-order chi connectivity index (χ0) is 11.8. The van der Waals surface area contributed by atoms with Gasteiger partial charge < -0.3 is 5.32 Å². The van der Waals surface area contributed by atoms with E-state index in [1.807, 2.05) is 19.2 Å². The van der Waals surface area contributed by atoms with E-state index in [1.54, 1.807) is 20.2 Å². The highest BCUT2D eigenvalue weighted by molar-refractivity contribution is 5.98. The van der Waals surface area contributed by atoms with Gasteiger partial charge in [-0.05, 0) is 0 Å². The molecule has 0 spiro atoms. The van der Waals surface area contributed by atoms with Gasteiger partial charge in [-0.15, -0.1) is 0 Å². The van der Waals surface area contributed by atoms with Gasteiger partial charge >= 0.3 is 0 Å². The molecule has 0 fully saturated rings. The number of nitrogens with one attached hydrogen (secondary N) is 2. The predicted octanol–water partition coefficient (Wildman–Crippen LogP) is 0.374. The summed E-state index contributed by atoms with van der Waals surface area (Å²) in [5, 5.41) is 8.78. The van der Waals surface area contributed by atoms with E-state index in [9.17, 15) is 9.59 Å². The lowest BCUT2D eigenvalue weighted by molar-refractivity contribution is -0.108. The fourth-order valence-corrected chi connectivity index (χ4v) is 0.929. The van der Waals surface area contributed by atoms with E-state index in [1.165, 1.54) is 4.68 Å². The summed E-state index contributed by atoms with van der Waals surface area (Å²) in [6, 6.07) is 1.55. The summed E-state index contributed by atoms with van der Waals surface area (Å²) in [5.41, 5.74) is 0.330. The molecular weight excluding hydrogens is 196 g/mol. The summed E-state index contributed by atoms with van der Waals surface area (Å²) in [5.74, 6) is 0.116. The standard InChI is InChI=1S/C7H10N4O2.C2H6/c1-8-6-3-5(11(2)10-6)7(13)9-4-12;1-2/h3-4H,1-2H3,(H,8,10)(H,9,12,13);1-2H3. The maximum Gasteiger partial charge on any atom is 0.275 e. The van der Waals surface area contributed by atoms with Crippen LogP contribution in [0.25, 0.3) is 0 Å². The second-order valence-corrected chi connectivity index (χ2v) is 2.38. The van der Waals surface area contributed by atoms with Crippen molar-refractivity contribution < 1.29 is 9.59 Å². The molecule has 0 radical (unpaired) electrons. The van der Waals surface area contributed by atoms with Crippen molar-refractivity contribution in [1.29, 1.82) is 0 Å². The minimum atomic E-state index is -0.466. The number of nitrogens with zero attached hydrogens (tertiary/aromatic N) is 2. The minimum absolute atomic E-state index is 0.330. The van der Waals surface area contributed by atoms with Gasteiger partial charge in [-0.25, -0.2) is 0 Å². The number of anilines is 1. The number of aryl methyl sites for hydroxylation is 1. The number of rotatable bonds is 3. The zero-order valence-corrected chi connectivity index (χ0v) is 9.37. The van der Waals surface area contributed by atoms with Crippen molar-refractivity contribution in [2.24, 2.45) is 7.05 Å². The lowest BCUT2D eigenvalue weighted by Crippen LogP contribution is -2.23. The topological polar surface area (TPSA) is 76.0 Å². The highest BCUT2D eigenvalue weighted by Gasteiger charge is 2.11. The Morgan fingerprint density at radius 2 is 2.13 bits per heavy atom. The number of imide groups is 1. The molecule has 2 amide bonds. The van der Waals surface area contributed by atoms with E-state index in [0.29, 0.717) is 17.9 Å². The van der Waals surface area contributed by atoms with Gasteiger partial charge in [-0.1, -0.05) is 13.8 Å². The van der Waals surface area contributed by atoms with E-state index in [4.69, 9.17) is 0 Å². The lowest BCUT2D eigenvalue weighted by atomic mass is 10.4. The van der Waals surface area contributed by atoms with Crippen molar-refractivity contribution in [1.82, 2.24) is 15.1 Å². The van der Waals surface area contributed by atoms with Crippen molar-refractivity contribution in [2.45, 2.75) is 13.8 Å². The van der Waals surface area contributed by atoms with Crippen LogP contribution in [0.1, 0.15) is 24.3 Å². The van der Waals surface area contributed by atoms with Crippen LogP contribution in [0.2, 0.25) is 0 Å². The first kappa shape index (κ1) is 13.2. The van der Waals surface area contributed by atoms with Crippen molar-refractivity contribution in [3.05, 3.63) is 11.8 Å². The van der Waals surface area contributed by atoms with Crippen molar-refractivity contribution in [3.63, 3.8) is 0 Å². The molecule has 1 heterocycles. The molecule has 1 aromatic heterocycles. The number of hydrogen-bond donors (Lipinski definition) is 2. The highest BCUT2D eigenvalue weighted by Crippen LogP contribution is 2.06. The van der Waals surface area contributed by atoms with Gasteiger partial charge in [-0.2, -0.15) is 5.10 Å². The van der Waals surface area contributed by atoms with Gasteiger partial charge in [0.15, 0.2) is 0 Å². The largest absolute Gasteiger partial charge is 0.372 e. The first-order chi connectivity index (χ1) is 7.19. The van der Waals surface area contributed by atoms with Crippen LogP contribution in [-0.2, 0) is 11.8 Å². The normalized spacial score (nSPS) is 8.53. The summed E-state index contributed by atoms with van der Waals surface area (Å²) >= 11 is 0. The molecule has 15 heavy (non-hydrogen) atoms. The Morgan fingerprint density at radius 3 is 2.53 bits per heavy atom. The number of hydrogen-bond acceptors (Lipinski definition) is 4. The first-order valence-corrected chi connectivity index (χ1v) is 4.65. The Morgan fingerprint density at radius 1 is 1.53 bits per heavy atom. The summed E-state index contributed by atoms with van der Waals surface area (Å²) in [4.78, 5) is 21.2. The molecule has 84 valence electrons. The van der Waals surface area contributed by atoms with E-state index >= 15 is 0 Å². The van der Waals surface area contributed by atoms with Crippen LogP contribution < -0.4 is 10.6 Å².